The van der Waals surface area contributed by atoms with Crippen LogP contribution in [0.15, 0.2) is 146 Å². The fraction of sp³-hybridized carbons (Fsp3) is 0.0769. The maximum absolute atomic E-state index is 15.1. The Morgan fingerprint density at radius 1 is 0.659 bits per heavy atom. The lowest BCUT2D eigenvalue weighted by Crippen LogP contribution is -2.30. The number of aromatic nitrogens is 1. The van der Waals surface area contributed by atoms with Gasteiger partial charge in [0.2, 0.25) is 0 Å². The third kappa shape index (κ3) is 4.45. The lowest BCUT2D eigenvalue weighted by atomic mass is 9.73. The monoisotopic (exact) mass is 587 g/mol. The lowest BCUT2D eigenvalue weighted by molar-refractivity contribution is 0.592. The molecule has 1 aromatic heterocycles. The molecule has 1 unspecified atom stereocenters. The summed E-state index contributed by atoms with van der Waals surface area (Å²) in [5.41, 5.74) is 8.25. The number of nitrogens with zero attached hydrogens (tertiary/aromatic N) is 3. The van der Waals surface area contributed by atoms with Gasteiger partial charge >= 0.3 is 0 Å². The molecule has 0 aliphatic carbocycles. The Morgan fingerprint density at radius 3 is 1.95 bits per heavy atom. The minimum absolute atomic E-state index is 0.178. The Kier molecular flexibility index (Phi) is 6.77. The van der Waals surface area contributed by atoms with Gasteiger partial charge in [-0.2, -0.15) is 0 Å². The summed E-state index contributed by atoms with van der Waals surface area (Å²) in [5, 5.41) is 1.43. The molecule has 0 N–H and O–H groups in total. The number of hydrogen-bond donors (Lipinski definition) is 0. The number of para-hydroxylation sites is 2. The zero-order chi connectivity index (χ0) is 30.3. The summed E-state index contributed by atoms with van der Waals surface area (Å²) in [6.07, 6.45) is 1.69. The molecule has 0 radical (unpaired) electrons. The van der Waals surface area contributed by atoms with Crippen molar-refractivity contribution in [1.82, 2.24) is 4.98 Å². The van der Waals surface area contributed by atoms with Gasteiger partial charge in [-0.1, -0.05) is 105 Å². The van der Waals surface area contributed by atoms with Gasteiger partial charge in [0.15, 0.2) is 12.8 Å². The van der Waals surface area contributed by atoms with E-state index in [2.05, 4.69) is 83.2 Å². The molecule has 0 saturated heterocycles. The highest BCUT2D eigenvalue weighted by Gasteiger charge is 2.36. The Morgan fingerprint density at radius 2 is 1.30 bits per heavy atom. The first-order chi connectivity index (χ1) is 21.4. The van der Waals surface area contributed by atoms with Gasteiger partial charge in [0.1, 0.15) is 5.44 Å². The van der Waals surface area contributed by atoms with Crippen LogP contribution in [0.5, 0.6) is 0 Å². The molecule has 2 heterocycles. The maximum Gasteiger partial charge on any atom is 0.189 e. The van der Waals surface area contributed by atoms with Gasteiger partial charge in [-0.25, -0.2) is 4.85 Å². The summed E-state index contributed by atoms with van der Waals surface area (Å²) in [6.45, 7) is 12.5. The highest BCUT2D eigenvalue weighted by atomic mass is 31.2. The molecular formula is C39H30N3OP. The van der Waals surface area contributed by atoms with Crippen LogP contribution in [-0.2, 0) is 9.98 Å². The minimum atomic E-state index is -3.26. The second-order valence-corrected chi connectivity index (χ2v) is 14.2. The predicted octanol–water partition coefficient (Wildman–Crippen LogP) is 9.05. The molecule has 5 heteroatoms. The van der Waals surface area contributed by atoms with Crippen LogP contribution in [0.4, 0.5) is 22.7 Å². The van der Waals surface area contributed by atoms with Crippen molar-refractivity contribution in [2.45, 2.75) is 19.3 Å². The Bertz CT molecular complexity index is 2010. The summed E-state index contributed by atoms with van der Waals surface area (Å²) in [6, 6.07) is 46.0. The average molecular weight is 588 g/mol. The molecular weight excluding hydrogens is 557 g/mol. The summed E-state index contributed by atoms with van der Waals surface area (Å²) < 4.78 is 15.1. The van der Waals surface area contributed by atoms with Crippen molar-refractivity contribution in [3.05, 3.63) is 168 Å². The highest BCUT2D eigenvalue weighted by molar-refractivity contribution is 7.85. The third-order valence-corrected chi connectivity index (χ3v) is 11.5. The molecule has 0 fully saturated rings. The average Bonchev–Trinajstić information content (AvgIpc) is 3.09. The van der Waals surface area contributed by atoms with E-state index in [-0.39, 0.29) is 5.41 Å². The molecule has 212 valence electrons. The molecule has 1 atom stereocenters. The van der Waals surface area contributed by atoms with Crippen LogP contribution in [-0.4, -0.2) is 4.98 Å². The summed E-state index contributed by atoms with van der Waals surface area (Å²) in [5.74, 6) is 0. The van der Waals surface area contributed by atoms with Crippen LogP contribution in [0.1, 0.15) is 25.0 Å². The quantitative estimate of drug-likeness (QED) is 0.149. The summed E-state index contributed by atoms with van der Waals surface area (Å²) >= 11 is 0. The number of anilines is 3. The first-order valence-electron chi connectivity index (χ1n) is 14.6. The molecule has 0 bridgehead atoms. The molecule has 4 nitrogen and oxygen atoms in total. The predicted molar refractivity (Wildman–Crippen MR) is 182 cm³/mol. The molecule has 7 rings (SSSR count). The highest BCUT2D eigenvalue weighted by Crippen LogP contribution is 2.52. The smallest absolute Gasteiger partial charge is 0.189 e. The van der Waals surface area contributed by atoms with Crippen molar-refractivity contribution >= 4 is 45.9 Å². The van der Waals surface area contributed by atoms with Crippen molar-refractivity contribution in [2.75, 3.05) is 4.90 Å². The first-order valence-corrected chi connectivity index (χ1v) is 16.3. The second-order valence-electron chi connectivity index (χ2n) is 11.5. The number of pyridine rings is 1. The van der Waals surface area contributed by atoms with Crippen molar-refractivity contribution in [3.63, 3.8) is 0 Å². The third-order valence-electron chi connectivity index (χ3n) is 8.56. The van der Waals surface area contributed by atoms with Crippen LogP contribution in [0.25, 0.3) is 16.0 Å². The summed E-state index contributed by atoms with van der Waals surface area (Å²) in [7, 11) is -3.26. The standard InChI is InChI=1S/C39H30N3OP/c1-39(2)34-18-7-9-20-36(34)42(37-21-10-8-19-35(37)39)31-25-29(24-30(27-31)40-3)28-14-13-17-33(26-28)44(43,32-15-5-4-6-16-32)38-22-11-12-23-41-38/h4-27H,1-2H3. The topological polar surface area (TPSA) is 37.6 Å². The van der Waals surface area contributed by atoms with E-state index in [1.54, 1.807) is 6.20 Å². The van der Waals surface area contributed by atoms with E-state index in [1.807, 2.05) is 84.9 Å². The van der Waals surface area contributed by atoms with E-state index in [4.69, 9.17) is 6.57 Å². The Labute approximate surface area is 258 Å². The van der Waals surface area contributed by atoms with Crippen molar-refractivity contribution in [2.24, 2.45) is 0 Å². The van der Waals surface area contributed by atoms with Gasteiger partial charge in [-0.05, 0) is 70.8 Å². The van der Waals surface area contributed by atoms with Gasteiger partial charge in [0.25, 0.3) is 0 Å². The fourth-order valence-electron chi connectivity index (χ4n) is 6.38. The zero-order valence-electron chi connectivity index (χ0n) is 24.6. The van der Waals surface area contributed by atoms with Crippen molar-refractivity contribution in [1.29, 1.82) is 0 Å². The maximum atomic E-state index is 15.1. The van der Waals surface area contributed by atoms with Gasteiger partial charge in [0.05, 0.1) is 17.9 Å². The van der Waals surface area contributed by atoms with E-state index in [1.165, 1.54) is 11.1 Å². The van der Waals surface area contributed by atoms with E-state index < -0.39 is 7.14 Å². The summed E-state index contributed by atoms with van der Waals surface area (Å²) in [4.78, 5) is 10.7. The van der Waals surface area contributed by atoms with Crippen LogP contribution < -0.4 is 20.9 Å². The van der Waals surface area contributed by atoms with Crippen LogP contribution in [0, 0.1) is 6.57 Å². The molecule has 1 aliphatic heterocycles. The molecule has 0 amide bonds. The molecule has 0 spiro atoms. The van der Waals surface area contributed by atoms with Crippen LogP contribution >= 0.6 is 7.14 Å². The van der Waals surface area contributed by atoms with Gasteiger partial charge in [-0.3, -0.25) is 4.98 Å². The molecule has 6 aromatic rings. The van der Waals surface area contributed by atoms with E-state index in [0.717, 1.165) is 33.5 Å². The lowest BCUT2D eigenvalue weighted by Gasteiger charge is -2.42. The van der Waals surface area contributed by atoms with E-state index in [9.17, 15) is 0 Å². The number of rotatable bonds is 5. The van der Waals surface area contributed by atoms with Gasteiger partial charge in [-0.15, -0.1) is 0 Å². The zero-order valence-corrected chi connectivity index (χ0v) is 25.4. The second kappa shape index (κ2) is 10.8. The van der Waals surface area contributed by atoms with Crippen molar-refractivity contribution < 1.29 is 4.57 Å². The van der Waals surface area contributed by atoms with Gasteiger partial charge in [0, 0.05) is 27.9 Å². The SMILES string of the molecule is [C-]#[N+]c1cc(-c2cccc(P(=O)(c3ccccc3)c3ccccn3)c2)cc(N2c3ccccc3C(C)(C)c3ccccc32)c1. The normalized spacial score (nSPS) is 14.5. The minimum Gasteiger partial charge on any atom is -0.311 e. The van der Waals surface area contributed by atoms with Gasteiger partial charge < -0.3 is 9.46 Å². The largest absolute Gasteiger partial charge is 0.311 e. The molecule has 1 aliphatic rings. The Hall–Kier alpha value is -5.23. The first kappa shape index (κ1) is 27.6. The van der Waals surface area contributed by atoms with Crippen molar-refractivity contribution in [3.8, 4) is 11.1 Å². The number of fused-ring (bicyclic) bond motifs is 2. The number of hydrogen-bond acceptors (Lipinski definition) is 3. The van der Waals surface area contributed by atoms with Crippen LogP contribution in [0.3, 0.4) is 0 Å². The molecule has 5 aromatic carbocycles. The van der Waals surface area contributed by atoms with Crippen LogP contribution in [0.2, 0.25) is 0 Å². The molecule has 0 saturated carbocycles. The Balaban J connectivity index is 1.41. The van der Waals surface area contributed by atoms with E-state index in [0.29, 0.717) is 16.4 Å². The molecule has 44 heavy (non-hydrogen) atoms. The fourth-order valence-corrected chi connectivity index (χ4v) is 8.94. The van der Waals surface area contributed by atoms with E-state index >= 15 is 4.57 Å². The number of benzene rings is 5.